The summed E-state index contributed by atoms with van der Waals surface area (Å²) >= 11 is 0. The van der Waals surface area contributed by atoms with Crippen molar-refractivity contribution in [3.8, 4) is 0 Å². The van der Waals surface area contributed by atoms with Gasteiger partial charge in [-0.3, -0.25) is 4.79 Å². The lowest BCUT2D eigenvalue weighted by molar-refractivity contribution is -0.116. The van der Waals surface area contributed by atoms with Gasteiger partial charge in [-0.1, -0.05) is 0 Å². The Labute approximate surface area is 150 Å². The Balaban J connectivity index is 2.01. The lowest BCUT2D eigenvalue weighted by Crippen LogP contribution is -2.41. The Morgan fingerprint density at radius 1 is 1.12 bits per heavy atom. The molecule has 1 N–H and O–H groups in total. The van der Waals surface area contributed by atoms with Gasteiger partial charge in [0.15, 0.2) is 0 Å². The normalized spacial score (nSPS) is 15.4. The average molecular weight is 369 g/mol. The number of rotatable bonds is 7. The highest BCUT2D eigenvalue weighted by Gasteiger charge is 2.16. The summed E-state index contributed by atoms with van der Waals surface area (Å²) in [6.45, 7) is 4.07. The third kappa shape index (κ3) is 5.42. The highest BCUT2D eigenvalue weighted by molar-refractivity contribution is 7.87. The number of anilines is 2. The number of hydrogen-bond acceptors (Lipinski definition) is 4. The van der Waals surface area contributed by atoms with Crippen molar-refractivity contribution in [3.63, 3.8) is 0 Å². The van der Waals surface area contributed by atoms with E-state index in [-0.39, 0.29) is 19.0 Å². The van der Waals surface area contributed by atoms with E-state index in [0.717, 1.165) is 23.1 Å². The van der Waals surface area contributed by atoms with E-state index in [9.17, 15) is 13.2 Å². The molecule has 0 aliphatic carbocycles. The number of benzene rings is 1. The molecule has 25 heavy (non-hydrogen) atoms. The minimum absolute atomic E-state index is 0.116. The number of piperidine rings is 1. The van der Waals surface area contributed by atoms with Crippen molar-refractivity contribution in [1.82, 2.24) is 9.03 Å². The lowest BCUT2D eigenvalue weighted by atomic mass is 10.1. The number of nitrogens with zero attached hydrogens (tertiary/aromatic N) is 3. The second kappa shape index (κ2) is 8.64. The van der Waals surface area contributed by atoms with Crippen molar-refractivity contribution < 1.29 is 13.2 Å². The highest BCUT2D eigenvalue weighted by Crippen LogP contribution is 2.23. The summed E-state index contributed by atoms with van der Waals surface area (Å²) in [5.74, 6) is -0.116. The number of nitrogens with one attached hydrogen (secondary N) is 1. The molecule has 0 saturated carbocycles. The SMILES string of the molecule is CC(=O)N(CCNS(=O)(=O)N(C)C)c1ccc(N2CCCCC2)cc1. The summed E-state index contributed by atoms with van der Waals surface area (Å²) in [4.78, 5) is 15.9. The molecule has 1 aromatic rings. The van der Waals surface area contributed by atoms with Crippen LogP contribution < -0.4 is 14.5 Å². The van der Waals surface area contributed by atoms with Crippen molar-refractivity contribution >= 4 is 27.5 Å². The van der Waals surface area contributed by atoms with Gasteiger partial charge in [0.2, 0.25) is 5.91 Å². The first-order chi connectivity index (χ1) is 11.8. The molecule has 1 amide bonds. The number of hydrogen-bond donors (Lipinski definition) is 1. The van der Waals surface area contributed by atoms with Gasteiger partial charge in [0.05, 0.1) is 0 Å². The van der Waals surface area contributed by atoms with Crippen LogP contribution in [0.25, 0.3) is 0 Å². The molecule has 2 rings (SSSR count). The van der Waals surface area contributed by atoms with Gasteiger partial charge in [-0.15, -0.1) is 0 Å². The molecule has 1 fully saturated rings. The van der Waals surface area contributed by atoms with Gasteiger partial charge in [0, 0.05) is 58.6 Å². The summed E-state index contributed by atoms with van der Waals surface area (Å²) in [6, 6.07) is 7.90. The first-order valence-corrected chi connectivity index (χ1v) is 10.1. The molecule has 140 valence electrons. The minimum atomic E-state index is -3.48. The molecule has 0 bridgehead atoms. The van der Waals surface area contributed by atoms with Gasteiger partial charge in [-0.05, 0) is 43.5 Å². The fourth-order valence-corrected chi connectivity index (χ4v) is 3.49. The monoisotopic (exact) mass is 368 g/mol. The first kappa shape index (κ1) is 19.7. The minimum Gasteiger partial charge on any atom is -0.372 e. The van der Waals surface area contributed by atoms with Gasteiger partial charge in [-0.2, -0.15) is 12.7 Å². The fraction of sp³-hybridized carbons (Fsp3) is 0.588. The van der Waals surface area contributed by atoms with Crippen molar-refractivity contribution in [2.45, 2.75) is 26.2 Å². The summed E-state index contributed by atoms with van der Waals surface area (Å²) in [7, 11) is -0.559. The largest absolute Gasteiger partial charge is 0.372 e. The van der Waals surface area contributed by atoms with E-state index in [2.05, 4.69) is 9.62 Å². The molecule has 1 saturated heterocycles. The van der Waals surface area contributed by atoms with Gasteiger partial charge < -0.3 is 9.80 Å². The zero-order valence-electron chi connectivity index (χ0n) is 15.2. The molecular weight excluding hydrogens is 340 g/mol. The Morgan fingerprint density at radius 3 is 2.24 bits per heavy atom. The first-order valence-electron chi connectivity index (χ1n) is 8.61. The molecule has 0 atom stereocenters. The van der Waals surface area contributed by atoms with E-state index in [1.54, 1.807) is 4.90 Å². The summed E-state index contributed by atoms with van der Waals surface area (Å²) < 4.78 is 27.1. The van der Waals surface area contributed by atoms with Gasteiger partial charge >= 0.3 is 0 Å². The molecule has 1 aliphatic rings. The number of carbonyl (C=O) groups excluding carboxylic acids is 1. The predicted octanol–water partition coefficient (Wildman–Crippen LogP) is 1.43. The van der Waals surface area contributed by atoms with Crippen LogP contribution in [0.3, 0.4) is 0 Å². The van der Waals surface area contributed by atoms with Crippen LogP contribution in [0.4, 0.5) is 11.4 Å². The Kier molecular flexibility index (Phi) is 6.80. The molecule has 0 spiro atoms. The van der Waals surface area contributed by atoms with E-state index in [1.807, 2.05) is 24.3 Å². The maximum absolute atomic E-state index is 11.9. The quantitative estimate of drug-likeness (QED) is 0.790. The third-order valence-electron chi connectivity index (χ3n) is 4.36. The molecular formula is C17H28N4O3S. The van der Waals surface area contributed by atoms with Crippen molar-refractivity contribution in [2.75, 3.05) is 50.1 Å². The van der Waals surface area contributed by atoms with E-state index in [4.69, 9.17) is 0 Å². The number of carbonyl (C=O) groups is 1. The Morgan fingerprint density at radius 2 is 1.72 bits per heavy atom. The van der Waals surface area contributed by atoms with Crippen LogP contribution in [0.1, 0.15) is 26.2 Å². The van der Waals surface area contributed by atoms with Gasteiger partial charge in [-0.25, -0.2) is 4.72 Å². The third-order valence-corrected chi connectivity index (χ3v) is 5.89. The van der Waals surface area contributed by atoms with Crippen molar-refractivity contribution in [2.24, 2.45) is 0 Å². The van der Waals surface area contributed by atoms with Crippen LogP contribution in [0, 0.1) is 0 Å². The van der Waals surface area contributed by atoms with Crippen LogP contribution in [-0.2, 0) is 15.0 Å². The molecule has 8 heteroatoms. The zero-order chi connectivity index (χ0) is 18.4. The van der Waals surface area contributed by atoms with Crippen LogP contribution in [0.15, 0.2) is 24.3 Å². The van der Waals surface area contributed by atoms with Crippen LogP contribution in [0.2, 0.25) is 0 Å². The molecule has 1 aliphatic heterocycles. The van der Waals surface area contributed by atoms with E-state index in [1.165, 1.54) is 46.0 Å². The van der Waals surface area contributed by atoms with Crippen molar-refractivity contribution in [3.05, 3.63) is 24.3 Å². The molecule has 1 heterocycles. The molecule has 0 radical (unpaired) electrons. The lowest BCUT2D eigenvalue weighted by Gasteiger charge is -2.29. The fourth-order valence-electron chi connectivity index (χ4n) is 2.88. The molecule has 1 aromatic carbocycles. The van der Waals surface area contributed by atoms with Crippen LogP contribution in [-0.4, -0.2) is 58.9 Å². The zero-order valence-corrected chi connectivity index (χ0v) is 16.1. The Bertz CT molecular complexity index is 668. The number of amides is 1. The second-order valence-electron chi connectivity index (χ2n) is 6.42. The summed E-state index contributed by atoms with van der Waals surface area (Å²) in [6.07, 6.45) is 3.72. The maximum Gasteiger partial charge on any atom is 0.278 e. The average Bonchev–Trinajstić information content (AvgIpc) is 2.59. The van der Waals surface area contributed by atoms with E-state index < -0.39 is 10.2 Å². The maximum atomic E-state index is 11.9. The van der Waals surface area contributed by atoms with Crippen molar-refractivity contribution in [1.29, 1.82) is 0 Å². The molecule has 7 nitrogen and oxygen atoms in total. The smallest absolute Gasteiger partial charge is 0.278 e. The summed E-state index contributed by atoms with van der Waals surface area (Å²) in [5, 5.41) is 0. The molecule has 0 aromatic heterocycles. The topological polar surface area (TPSA) is 73.0 Å². The predicted molar refractivity (Wildman–Crippen MR) is 101 cm³/mol. The van der Waals surface area contributed by atoms with E-state index in [0.29, 0.717) is 0 Å². The van der Waals surface area contributed by atoms with Crippen LogP contribution >= 0.6 is 0 Å². The molecule has 0 unspecified atom stereocenters. The summed E-state index contributed by atoms with van der Waals surface area (Å²) in [5.41, 5.74) is 1.94. The van der Waals surface area contributed by atoms with Crippen LogP contribution in [0.5, 0.6) is 0 Å². The second-order valence-corrected chi connectivity index (χ2v) is 8.39. The highest BCUT2D eigenvalue weighted by atomic mass is 32.2. The standard InChI is InChI=1S/C17H28N4O3S/c1-15(22)21(14-11-18-25(23,24)19(2)3)17-9-7-16(8-10-17)20-12-5-4-6-13-20/h7-10,18H,4-6,11-14H2,1-3H3. The van der Waals surface area contributed by atoms with Gasteiger partial charge in [0.1, 0.15) is 0 Å². The van der Waals surface area contributed by atoms with E-state index >= 15 is 0 Å². The Hall–Kier alpha value is -1.64. The van der Waals surface area contributed by atoms with Gasteiger partial charge in [0.25, 0.3) is 10.2 Å².